The van der Waals surface area contributed by atoms with Crippen LogP contribution in [0, 0.1) is 5.92 Å². The third kappa shape index (κ3) is 3.29. The first kappa shape index (κ1) is 17.7. The quantitative estimate of drug-likeness (QED) is 0.797. The van der Waals surface area contributed by atoms with Gasteiger partial charge in [0.1, 0.15) is 23.2 Å². The zero-order valence-corrected chi connectivity index (χ0v) is 15.4. The van der Waals surface area contributed by atoms with E-state index in [2.05, 4.69) is 14.9 Å². The Morgan fingerprint density at radius 2 is 1.75 bits per heavy atom. The Morgan fingerprint density at radius 1 is 0.929 bits per heavy atom. The molecule has 2 aromatic rings. The van der Waals surface area contributed by atoms with Crippen molar-refractivity contribution in [2.24, 2.45) is 5.92 Å². The number of halogens is 3. The van der Waals surface area contributed by atoms with Gasteiger partial charge in [-0.1, -0.05) is 6.07 Å². The fourth-order valence-electron chi connectivity index (χ4n) is 4.45. The van der Waals surface area contributed by atoms with Gasteiger partial charge in [0, 0.05) is 31.7 Å². The van der Waals surface area contributed by atoms with Gasteiger partial charge in [-0.3, -0.25) is 0 Å². The molecule has 2 aromatic heterocycles. The van der Waals surface area contributed by atoms with Crippen LogP contribution >= 0.6 is 0 Å². The van der Waals surface area contributed by atoms with E-state index < -0.39 is 11.9 Å². The van der Waals surface area contributed by atoms with E-state index in [1.54, 1.807) is 6.07 Å². The molecule has 8 heteroatoms. The van der Waals surface area contributed by atoms with Crippen LogP contribution in [0.3, 0.4) is 0 Å². The average Bonchev–Trinajstić information content (AvgIpc) is 3.47. The van der Waals surface area contributed by atoms with E-state index in [9.17, 15) is 13.2 Å². The lowest BCUT2D eigenvalue weighted by molar-refractivity contribution is -0.141. The summed E-state index contributed by atoms with van der Waals surface area (Å²) in [6, 6.07) is 6.33. The molecule has 148 valence electrons. The van der Waals surface area contributed by atoms with Crippen LogP contribution in [0.5, 0.6) is 0 Å². The maximum absolute atomic E-state index is 13.0. The second-order valence-electron chi connectivity index (χ2n) is 7.97. The highest BCUT2D eigenvalue weighted by atomic mass is 19.4. The van der Waals surface area contributed by atoms with Crippen molar-refractivity contribution in [3.05, 3.63) is 42.0 Å². The Labute approximate surface area is 161 Å². The number of alkyl halides is 3. The number of fused-ring (bicyclic) bond motifs is 1. The van der Waals surface area contributed by atoms with Crippen LogP contribution in [-0.2, 0) is 6.18 Å². The van der Waals surface area contributed by atoms with Gasteiger partial charge in [0.2, 0.25) is 0 Å². The normalized spacial score (nSPS) is 25.1. The second kappa shape index (κ2) is 6.60. The molecule has 2 saturated heterocycles. The van der Waals surface area contributed by atoms with Crippen molar-refractivity contribution in [3.63, 3.8) is 0 Å². The number of piperidine rings is 1. The van der Waals surface area contributed by atoms with Crippen LogP contribution in [0.15, 0.2) is 30.5 Å². The van der Waals surface area contributed by atoms with E-state index in [4.69, 9.17) is 4.98 Å². The molecule has 5 rings (SSSR count). The molecule has 4 heterocycles. The minimum absolute atomic E-state index is 0.243. The molecule has 3 aliphatic rings. The predicted molar refractivity (Wildman–Crippen MR) is 99.3 cm³/mol. The highest BCUT2D eigenvalue weighted by Crippen LogP contribution is 2.40. The highest BCUT2D eigenvalue weighted by Gasteiger charge is 2.40. The van der Waals surface area contributed by atoms with Gasteiger partial charge in [0.25, 0.3) is 0 Å². The average molecular weight is 389 g/mol. The minimum atomic E-state index is -4.42. The van der Waals surface area contributed by atoms with Gasteiger partial charge in [0.05, 0.1) is 6.04 Å². The molecular formula is C20H22F3N5. The Bertz CT molecular complexity index is 867. The summed E-state index contributed by atoms with van der Waals surface area (Å²) in [5.74, 6) is 3.31. The summed E-state index contributed by atoms with van der Waals surface area (Å²) in [7, 11) is 0. The van der Waals surface area contributed by atoms with Gasteiger partial charge in [-0.05, 0) is 49.8 Å². The lowest BCUT2D eigenvalue weighted by Crippen LogP contribution is -2.49. The van der Waals surface area contributed by atoms with Gasteiger partial charge >= 0.3 is 6.18 Å². The number of hydrogen-bond acceptors (Lipinski definition) is 5. The molecule has 2 atom stereocenters. The van der Waals surface area contributed by atoms with Crippen molar-refractivity contribution in [3.8, 4) is 0 Å². The Morgan fingerprint density at radius 3 is 2.54 bits per heavy atom. The molecule has 0 N–H and O–H groups in total. The van der Waals surface area contributed by atoms with Crippen LogP contribution in [0.1, 0.15) is 43.1 Å². The number of nitrogens with zero attached hydrogens (tertiary/aromatic N) is 5. The van der Waals surface area contributed by atoms with Crippen molar-refractivity contribution < 1.29 is 13.2 Å². The van der Waals surface area contributed by atoms with Gasteiger partial charge < -0.3 is 9.80 Å². The molecule has 3 fully saturated rings. The molecule has 0 spiro atoms. The summed E-state index contributed by atoms with van der Waals surface area (Å²) in [4.78, 5) is 17.4. The molecular weight excluding hydrogens is 367 g/mol. The van der Waals surface area contributed by atoms with Crippen molar-refractivity contribution in [1.29, 1.82) is 0 Å². The standard InChI is InChI=1S/C20H22F3N5/c21-20(22,23)16-2-1-3-17(25-16)27-10-7-13-8-11-28(15(13)12-27)18-6-9-24-19(26-18)14-4-5-14/h1-3,6,9,13-15H,4-5,7-8,10-12H2. The maximum Gasteiger partial charge on any atom is 0.433 e. The van der Waals surface area contributed by atoms with E-state index in [1.165, 1.54) is 6.07 Å². The Kier molecular flexibility index (Phi) is 4.17. The number of anilines is 2. The number of hydrogen-bond donors (Lipinski definition) is 0. The maximum atomic E-state index is 13.0. The third-order valence-corrected chi connectivity index (χ3v) is 6.11. The van der Waals surface area contributed by atoms with E-state index in [1.807, 2.05) is 17.2 Å². The lowest BCUT2D eigenvalue weighted by Gasteiger charge is -2.39. The number of rotatable bonds is 3. The second-order valence-corrected chi connectivity index (χ2v) is 7.97. The SMILES string of the molecule is FC(F)(F)c1cccc(N2CCC3CCN(c4ccnc(C5CC5)n4)C3C2)n1. The summed E-state index contributed by atoms with van der Waals surface area (Å²) >= 11 is 0. The fourth-order valence-corrected chi connectivity index (χ4v) is 4.45. The topological polar surface area (TPSA) is 45.2 Å². The van der Waals surface area contributed by atoms with Crippen LogP contribution in [0.4, 0.5) is 24.8 Å². The monoisotopic (exact) mass is 389 g/mol. The minimum Gasteiger partial charge on any atom is -0.355 e. The van der Waals surface area contributed by atoms with Crippen molar-refractivity contribution >= 4 is 11.6 Å². The zero-order valence-electron chi connectivity index (χ0n) is 15.4. The third-order valence-electron chi connectivity index (χ3n) is 6.11. The van der Waals surface area contributed by atoms with Crippen LogP contribution < -0.4 is 9.80 Å². The van der Waals surface area contributed by atoms with Gasteiger partial charge in [0.15, 0.2) is 0 Å². The van der Waals surface area contributed by atoms with Crippen LogP contribution in [0.2, 0.25) is 0 Å². The van der Waals surface area contributed by atoms with Gasteiger partial charge in [-0.25, -0.2) is 15.0 Å². The van der Waals surface area contributed by atoms with Crippen molar-refractivity contribution in [2.75, 3.05) is 29.4 Å². The molecule has 0 radical (unpaired) electrons. The van der Waals surface area contributed by atoms with Crippen molar-refractivity contribution in [2.45, 2.75) is 43.8 Å². The molecule has 1 aliphatic carbocycles. The summed E-state index contributed by atoms with van der Waals surface area (Å²) < 4.78 is 39.1. The molecule has 28 heavy (non-hydrogen) atoms. The highest BCUT2D eigenvalue weighted by molar-refractivity contribution is 5.46. The van der Waals surface area contributed by atoms with Gasteiger partial charge in [-0.15, -0.1) is 0 Å². The first-order chi connectivity index (χ1) is 13.5. The summed E-state index contributed by atoms with van der Waals surface area (Å²) in [6.07, 6.45) is 1.78. The Balaban J connectivity index is 1.38. The smallest absolute Gasteiger partial charge is 0.355 e. The predicted octanol–water partition coefficient (Wildman–Crippen LogP) is 3.87. The molecule has 0 bridgehead atoms. The fraction of sp³-hybridized carbons (Fsp3) is 0.550. The first-order valence-electron chi connectivity index (χ1n) is 9.88. The van der Waals surface area contributed by atoms with Crippen molar-refractivity contribution in [1.82, 2.24) is 15.0 Å². The molecule has 0 aromatic carbocycles. The van der Waals surface area contributed by atoms with E-state index in [0.29, 0.717) is 24.2 Å². The first-order valence-corrected chi connectivity index (χ1v) is 9.88. The summed E-state index contributed by atoms with van der Waals surface area (Å²) in [5.41, 5.74) is -0.833. The summed E-state index contributed by atoms with van der Waals surface area (Å²) in [5, 5.41) is 0. The molecule has 0 amide bonds. The number of pyridine rings is 1. The van der Waals surface area contributed by atoms with E-state index in [0.717, 1.165) is 56.5 Å². The largest absolute Gasteiger partial charge is 0.433 e. The molecule has 2 unspecified atom stereocenters. The van der Waals surface area contributed by atoms with E-state index >= 15 is 0 Å². The molecule has 5 nitrogen and oxygen atoms in total. The Hall–Kier alpha value is -2.38. The zero-order chi connectivity index (χ0) is 19.3. The van der Waals surface area contributed by atoms with Crippen LogP contribution in [0.25, 0.3) is 0 Å². The number of aromatic nitrogens is 3. The summed E-state index contributed by atoms with van der Waals surface area (Å²) in [6.45, 7) is 2.34. The van der Waals surface area contributed by atoms with Gasteiger partial charge in [-0.2, -0.15) is 13.2 Å². The molecule has 2 aliphatic heterocycles. The molecule has 1 saturated carbocycles. The van der Waals surface area contributed by atoms with E-state index in [-0.39, 0.29) is 6.04 Å². The lowest BCUT2D eigenvalue weighted by atomic mass is 9.92. The van der Waals surface area contributed by atoms with Crippen LogP contribution in [-0.4, -0.2) is 40.6 Å².